The highest BCUT2D eigenvalue weighted by atomic mass is 32.1. The number of allylic oxidation sites excluding steroid dienone is 1. The number of carbonyl (C=O) groups excluding carboxylic acids is 1. The number of rotatable bonds is 3. The fourth-order valence-corrected chi connectivity index (χ4v) is 5.25. The zero-order valence-electron chi connectivity index (χ0n) is 16.9. The number of hydrazone groups is 1. The zero-order chi connectivity index (χ0) is 20.5. The Balaban J connectivity index is 1.59. The molecule has 1 fully saturated rings. The van der Waals surface area contributed by atoms with E-state index in [1.165, 1.54) is 22.5 Å². The van der Waals surface area contributed by atoms with E-state index in [2.05, 4.69) is 47.5 Å². The van der Waals surface area contributed by atoms with Crippen LogP contribution in [0.5, 0.6) is 0 Å². The van der Waals surface area contributed by atoms with E-state index in [1.54, 1.807) is 10.5 Å². The fraction of sp³-hybridized carbons (Fsp3) is 0.240. The third-order valence-electron chi connectivity index (χ3n) is 5.93. The largest absolute Gasteiger partial charge is 0.286 e. The van der Waals surface area contributed by atoms with Gasteiger partial charge in [-0.3, -0.25) is 4.79 Å². The number of aromatic nitrogens is 1. The summed E-state index contributed by atoms with van der Waals surface area (Å²) in [6.45, 7) is 1.89. The van der Waals surface area contributed by atoms with Gasteiger partial charge in [-0.1, -0.05) is 60.7 Å². The van der Waals surface area contributed by atoms with Gasteiger partial charge in [0.1, 0.15) is 4.88 Å². The molecule has 2 heterocycles. The predicted molar refractivity (Wildman–Crippen MR) is 121 cm³/mol. The molecule has 30 heavy (non-hydrogen) atoms. The molecular formula is C25H23N3OS. The smallest absolute Gasteiger partial charge is 0.266 e. The molecule has 2 aliphatic rings. The summed E-state index contributed by atoms with van der Waals surface area (Å²) in [5.74, 6) is 0.165. The molecule has 150 valence electrons. The minimum atomic E-state index is -0.0744. The van der Waals surface area contributed by atoms with Gasteiger partial charge in [-0.05, 0) is 49.0 Å². The van der Waals surface area contributed by atoms with Crippen molar-refractivity contribution in [2.75, 3.05) is 0 Å². The minimum Gasteiger partial charge on any atom is -0.266 e. The van der Waals surface area contributed by atoms with Gasteiger partial charge in [-0.15, -0.1) is 11.3 Å². The summed E-state index contributed by atoms with van der Waals surface area (Å²) in [6, 6.07) is 20.6. The van der Waals surface area contributed by atoms with E-state index < -0.39 is 0 Å². The van der Waals surface area contributed by atoms with Crippen LogP contribution in [0.2, 0.25) is 0 Å². The molecular weight excluding hydrogens is 390 g/mol. The third kappa shape index (κ3) is 3.39. The molecule has 2 aromatic carbocycles. The molecule has 1 aromatic heterocycles. The van der Waals surface area contributed by atoms with Crippen molar-refractivity contribution < 1.29 is 4.79 Å². The molecule has 0 unspecified atom stereocenters. The number of nitrogens with zero attached hydrogens (tertiary/aromatic N) is 3. The van der Waals surface area contributed by atoms with Crippen LogP contribution in [0.1, 0.15) is 51.8 Å². The van der Waals surface area contributed by atoms with E-state index in [0.717, 1.165) is 36.2 Å². The van der Waals surface area contributed by atoms with E-state index in [-0.39, 0.29) is 17.9 Å². The number of carbonyl (C=O) groups is 1. The van der Waals surface area contributed by atoms with Crippen molar-refractivity contribution in [3.05, 3.63) is 93.4 Å². The van der Waals surface area contributed by atoms with Crippen LogP contribution < -0.4 is 0 Å². The van der Waals surface area contributed by atoms with Crippen molar-refractivity contribution in [2.45, 2.75) is 32.2 Å². The molecule has 5 rings (SSSR count). The molecule has 2 atom stereocenters. The Hall–Kier alpha value is -3.05. The number of fused-ring (bicyclic) bond motifs is 1. The van der Waals surface area contributed by atoms with Crippen molar-refractivity contribution in [1.82, 2.24) is 9.99 Å². The highest BCUT2D eigenvalue weighted by molar-refractivity contribution is 7.11. The van der Waals surface area contributed by atoms with Crippen LogP contribution in [0.15, 0.2) is 76.8 Å². The van der Waals surface area contributed by atoms with Gasteiger partial charge in [0, 0.05) is 5.92 Å². The van der Waals surface area contributed by atoms with E-state index in [9.17, 15) is 4.79 Å². The van der Waals surface area contributed by atoms with Crippen LogP contribution in [-0.2, 0) is 0 Å². The standard InChI is InChI=1S/C25H23N3OS/c1-17-24(30-16-26-17)25(29)28-23(19-11-6-3-7-12-19)21-14-8-13-20(22(21)27-28)15-18-9-4-2-5-10-18/h2-7,9-12,15-16,21,23H,8,13-14H2,1H3/b20-15-/t21-,23-/m0/s1. The number of aryl methyl sites for hydroxylation is 1. The number of benzene rings is 2. The van der Waals surface area contributed by atoms with E-state index in [1.807, 2.05) is 31.2 Å². The molecule has 1 saturated carbocycles. The summed E-state index contributed by atoms with van der Waals surface area (Å²) in [6.07, 6.45) is 5.37. The van der Waals surface area contributed by atoms with Crippen LogP contribution in [-0.4, -0.2) is 21.6 Å². The zero-order valence-corrected chi connectivity index (χ0v) is 17.7. The van der Waals surface area contributed by atoms with E-state index in [0.29, 0.717) is 4.88 Å². The second-order valence-electron chi connectivity index (χ2n) is 7.84. The lowest BCUT2D eigenvalue weighted by Gasteiger charge is -2.29. The lowest BCUT2D eigenvalue weighted by molar-refractivity contribution is 0.0685. The monoisotopic (exact) mass is 413 g/mol. The van der Waals surface area contributed by atoms with Crippen molar-refractivity contribution in [3.63, 3.8) is 0 Å². The Kier molecular flexibility index (Phi) is 5.05. The first kappa shape index (κ1) is 18.9. The molecule has 5 heteroatoms. The first-order valence-corrected chi connectivity index (χ1v) is 11.2. The summed E-state index contributed by atoms with van der Waals surface area (Å²) >= 11 is 1.39. The van der Waals surface area contributed by atoms with E-state index >= 15 is 0 Å². The molecule has 0 bridgehead atoms. The van der Waals surface area contributed by atoms with Crippen LogP contribution in [0.4, 0.5) is 0 Å². The number of amides is 1. The van der Waals surface area contributed by atoms with Crippen molar-refractivity contribution in [1.29, 1.82) is 0 Å². The van der Waals surface area contributed by atoms with Gasteiger partial charge in [0.15, 0.2) is 0 Å². The van der Waals surface area contributed by atoms with E-state index in [4.69, 9.17) is 5.10 Å². The average Bonchev–Trinajstić information content (AvgIpc) is 3.39. The van der Waals surface area contributed by atoms with Gasteiger partial charge in [0.25, 0.3) is 5.91 Å². The Bertz CT molecular complexity index is 1120. The van der Waals surface area contributed by atoms with Crippen LogP contribution in [0, 0.1) is 12.8 Å². The SMILES string of the molecule is Cc1ncsc1C(=O)N1N=C2/C(=C\c3ccccc3)CCC[C@@H]2[C@@H]1c1ccccc1. The first-order valence-electron chi connectivity index (χ1n) is 10.4. The topological polar surface area (TPSA) is 45.6 Å². The highest BCUT2D eigenvalue weighted by Crippen LogP contribution is 2.45. The van der Waals surface area contributed by atoms with Crippen LogP contribution in [0.3, 0.4) is 0 Å². The maximum atomic E-state index is 13.5. The lowest BCUT2D eigenvalue weighted by atomic mass is 9.77. The van der Waals surface area contributed by atoms with Crippen LogP contribution in [0.25, 0.3) is 6.08 Å². The third-order valence-corrected chi connectivity index (χ3v) is 6.85. The second-order valence-corrected chi connectivity index (χ2v) is 8.69. The van der Waals surface area contributed by atoms with Crippen molar-refractivity contribution in [3.8, 4) is 0 Å². The van der Waals surface area contributed by atoms with Gasteiger partial charge in [0.2, 0.25) is 0 Å². The molecule has 1 aliphatic carbocycles. The molecule has 0 N–H and O–H groups in total. The maximum Gasteiger partial charge on any atom is 0.286 e. The van der Waals surface area contributed by atoms with Gasteiger partial charge in [0.05, 0.1) is 23.0 Å². The number of hydrogen-bond donors (Lipinski definition) is 0. The quantitative estimate of drug-likeness (QED) is 0.537. The summed E-state index contributed by atoms with van der Waals surface area (Å²) in [7, 11) is 0. The Morgan fingerprint density at radius 3 is 2.53 bits per heavy atom. The van der Waals surface area contributed by atoms with Gasteiger partial charge in [-0.2, -0.15) is 5.10 Å². The summed E-state index contributed by atoms with van der Waals surface area (Å²) < 4.78 is 0. The normalized spacial score (nSPS) is 22.1. The maximum absolute atomic E-state index is 13.5. The molecule has 3 aromatic rings. The fourth-order valence-electron chi connectivity index (χ4n) is 4.51. The minimum absolute atomic E-state index is 0.0511. The number of hydrogen-bond acceptors (Lipinski definition) is 4. The Labute approximate surface area is 180 Å². The van der Waals surface area contributed by atoms with Crippen molar-refractivity contribution >= 4 is 29.0 Å². The molecule has 1 aliphatic heterocycles. The van der Waals surface area contributed by atoms with Gasteiger partial charge in [-0.25, -0.2) is 9.99 Å². The molecule has 1 amide bonds. The summed E-state index contributed by atoms with van der Waals surface area (Å²) in [4.78, 5) is 18.4. The lowest BCUT2D eigenvalue weighted by Crippen LogP contribution is -2.31. The second kappa shape index (κ2) is 8.00. The predicted octanol–water partition coefficient (Wildman–Crippen LogP) is 5.89. The summed E-state index contributed by atoms with van der Waals surface area (Å²) in [5, 5.41) is 6.68. The average molecular weight is 414 g/mol. The van der Waals surface area contributed by atoms with Crippen LogP contribution >= 0.6 is 11.3 Å². The Morgan fingerprint density at radius 1 is 1.10 bits per heavy atom. The first-order chi connectivity index (χ1) is 14.7. The summed E-state index contributed by atoms with van der Waals surface area (Å²) in [5.41, 5.74) is 7.13. The molecule has 0 spiro atoms. The van der Waals surface area contributed by atoms with Gasteiger partial charge >= 0.3 is 0 Å². The molecule has 0 radical (unpaired) electrons. The highest BCUT2D eigenvalue weighted by Gasteiger charge is 2.44. The molecule has 0 saturated heterocycles. The molecule has 4 nitrogen and oxygen atoms in total. The van der Waals surface area contributed by atoms with Crippen molar-refractivity contribution in [2.24, 2.45) is 11.0 Å². The Morgan fingerprint density at radius 2 is 1.83 bits per heavy atom. The van der Waals surface area contributed by atoms with Gasteiger partial charge < -0.3 is 0 Å². The number of thiazole rings is 1.